The molecule has 1 aliphatic rings. The van der Waals surface area contributed by atoms with Crippen molar-refractivity contribution < 1.29 is 4.79 Å². The zero-order valence-corrected chi connectivity index (χ0v) is 15.4. The Balaban J connectivity index is 1.58. The van der Waals surface area contributed by atoms with Gasteiger partial charge in [-0.15, -0.1) is 0 Å². The number of anilines is 2. The molecule has 1 amide bonds. The van der Waals surface area contributed by atoms with E-state index < -0.39 is 0 Å². The first kappa shape index (κ1) is 16.9. The van der Waals surface area contributed by atoms with Crippen LogP contribution in [0, 0.1) is 0 Å². The second-order valence-electron chi connectivity index (χ2n) is 6.63. The maximum Gasteiger partial charge on any atom is 0.289 e. The number of aromatic amines is 1. The van der Waals surface area contributed by atoms with Crippen molar-refractivity contribution >= 4 is 50.9 Å². The maximum atomic E-state index is 12.6. The van der Waals surface area contributed by atoms with Crippen molar-refractivity contribution in [3.8, 4) is 0 Å². The summed E-state index contributed by atoms with van der Waals surface area (Å²) in [6.07, 6.45) is 0. The number of amides is 1. The smallest absolute Gasteiger partial charge is 0.289 e. The third kappa shape index (κ3) is 3.02. The van der Waals surface area contributed by atoms with E-state index in [2.05, 4.69) is 36.1 Å². The van der Waals surface area contributed by atoms with Gasteiger partial charge in [-0.1, -0.05) is 23.7 Å². The van der Waals surface area contributed by atoms with Gasteiger partial charge in [0.05, 0.1) is 17.1 Å². The lowest BCUT2D eigenvalue weighted by atomic mass is 10.2. The predicted octanol–water partition coefficient (Wildman–Crippen LogP) is 2.60. The zero-order valence-electron chi connectivity index (χ0n) is 14.7. The molecule has 4 N–H and O–H groups in total. The van der Waals surface area contributed by atoms with Gasteiger partial charge < -0.3 is 16.0 Å². The first-order valence-corrected chi connectivity index (χ1v) is 9.24. The van der Waals surface area contributed by atoms with E-state index in [4.69, 9.17) is 11.6 Å². The molecule has 8 nitrogen and oxygen atoms in total. The summed E-state index contributed by atoms with van der Waals surface area (Å²) in [6, 6.07) is 13.1. The largest absolute Gasteiger partial charge is 0.344 e. The molecule has 140 valence electrons. The van der Waals surface area contributed by atoms with Crippen molar-refractivity contribution in [2.45, 2.75) is 6.04 Å². The van der Waals surface area contributed by atoms with Crippen LogP contribution in [0.5, 0.6) is 0 Å². The van der Waals surface area contributed by atoms with Gasteiger partial charge in [-0.25, -0.2) is 9.97 Å². The summed E-state index contributed by atoms with van der Waals surface area (Å²) >= 11 is 6.17. The Labute approximate surface area is 164 Å². The molecule has 4 aromatic rings. The van der Waals surface area contributed by atoms with Crippen LogP contribution in [0.2, 0.25) is 5.02 Å². The number of nitrogens with zero attached hydrogens (tertiary/aromatic N) is 3. The van der Waals surface area contributed by atoms with Gasteiger partial charge in [0.2, 0.25) is 5.82 Å². The van der Waals surface area contributed by atoms with E-state index in [1.54, 1.807) is 18.2 Å². The third-order valence-corrected chi connectivity index (χ3v) is 4.92. The van der Waals surface area contributed by atoms with Crippen LogP contribution in [0.15, 0.2) is 42.5 Å². The highest BCUT2D eigenvalue weighted by molar-refractivity contribution is 6.31. The molecule has 9 heteroatoms. The second-order valence-corrected chi connectivity index (χ2v) is 7.07. The minimum atomic E-state index is -0.307. The van der Waals surface area contributed by atoms with Crippen LogP contribution < -0.4 is 16.0 Å². The van der Waals surface area contributed by atoms with Crippen molar-refractivity contribution in [1.29, 1.82) is 0 Å². The number of aromatic nitrogens is 4. The topological polar surface area (TPSA) is 108 Å². The number of nitrogens with one attached hydrogen (secondary N) is 4. The van der Waals surface area contributed by atoms with E-state index in [9.17, 15) is 4.79 Å². The lowest BCUT2D eigenvalue weighted by molar-refractivity contribution is 0.0914. The Bertz CT molecular complexity index is 1200. The number of rotatable bonds is 4. The molecule has 28 heavy (non-hydrogen) atoms. The van der Waals surface area contributed by atoms with Gasteiger partial charge in [0.25, 0.3) is 5.91 Å². The van der Waals surface area contributed by atoms with Crippen LogP contribution in [0.4, 0.5) is 11.6 Å². The number of benzene rings is 2. The van der Waals surface area contributed by atoms with Crippen molar-refractivity contribution in [1.82, 2.24) is 30.8 Å². The fourth-order valence-corrected chi connectivity index (χ4v) is 3.28. The number of hydrogen-bond acceptors (Lipinski definition) is 6. The number of carbonyl (C=O) groups excluding carboxylic acids is 1. The maximum absolute atomic E-state index is 12.6. The predicted molar refractivity (Wildman–Crippen MR) is 108 cm³/mol. The van der Waals surface area contributed by atoms with E-state index in [-0.39, 0.29) is 17.8 Å². The van der Waals surface area contributed by atoms with Gasteiger partial charge in [0.1, 0.15) is 5.82 Å². The third-order valence-electron chi connectivity index (χ3n) is 4.68. The molecule has 0 saturated carbocycles. The number of para-hydroxylation sites is 1. The molecule has 1 aliphatic heterocycles. The summed E-state index contributed by atoms with van der Waals surface area (Å²) in [6.45, 7) is 1.50. The summed E-state index contributed by atoms with van der Waals surface area (Å²) in [5.41, 5.74) is 1.52. The quantitative estimate of drug-likeness (QED) is 0.424. The summed E-state index contributed by atoms with van der Waals surface area (Å²) in [4.78, 5) is 21.5. The Hall–Kier alpha value is -3.23. The first-order valence-electron chi connectivity index (χ1n) is 8.86. The van der Waals surface area contributed by atoms with Gasteiger partial charge in [0, 0.05) is 28.9 Å². The Kier molecular flexibility index (Phi) is 4.07. The van der Waals surface area contributed by atoms with Crippen LogP contribution in [-0.4, -0.2) is 45.2 Å². The number of H-pyrrole nitrogens is 1. The standard InChI is InChI=1S/C19H16ClN7O/c20-10-5-6-14-13(7-10)16(24-17-12-3-1-2-4-15(12)26-27-17)25-18(23-14)19(28)22-11-8-21-9-11/h1-7,11,21H,8-9H2,(H,22,28)(H2,23,24,25,26,27). The molecule has 1 saturated heterocycles. The summed E-state index contributed by atoms with van der Waals surface area (Å²) in [5.74, 6) is 0.883. The van der Waals surface area contributed by atoms with Gasteiger partial charge >= 0.3 is 0 Å². The van der Waals surface area contributed by atoms with E-state index >= 15 is 0 Å². The van der Waals surface area contributed by atoms with E-state index in [0.717, 1.165) is 24.0 Å². The lowest BCUT2D eigenvalue weighted by Gasteiger charge is -2.27. The second kappa shape index (κ2) is 6.74. The fourth-order valence-electron chi connectivity index (χ4n) is 3.11. The molecule has 3 heterocycles. The van der Waals surface area contributed by atoms with E-state index in [1.165, 1.54) is 0 Å². The van der Waals surface area contributed by atoms with Gasteiger partial charge in [-0.2, -0.15) is 5.10 Å². The van der Waals surface area contributed by atoms with Crippen molar-refractivity contribution in [3.63, 3.8) is 0 Å². The summed E-state index contributed by atoms with van der Waals surface area (Å²) in [7, 11) is 0. The lowest BCUT2D eigenvalue weighted by Crippen LogP contribution is -2.57. The highest BCUT2D eigenvalue weighted by Gasteiger charge is 2.22. The molecule has 0 aliphatic carbocycles. The molecular formula is C19H16ClN7O. The molecular weight excluding hydrogens is 378 g/mol. The Morgan fingerprint density at radius 1 is 1.07 bits per heavy atom. The summed E-state index contributed by atoms with van der Waals surface area (Å²) in [5, 5.41) is 18.8. The molecule has 0 atom stereocenters. The molecule has 0 bridgehead atoms. The molecule has 2 aromatic heterocycles. The first-order chi connectivity index (χ1) is 13.7. The van der Waals surface area contributed by atoms with Crippen LogP contribution in [0.1, 0.15) is 10.6 Å². The number of fused-ring (bicyclic) bond motifs is 2. The molecule has 0 unspecified atom stereocenters. The van der Waals surface area contributed by atoms with E-state index in [1.807, 2.05) is 24.3 Å². The van der Waals surface area contributed by atoms with Gasteiger partial charge in [-0.05, 0) is 30.3 Å². The molecule has 1 fully saturated rings. The molecule has 0 radical (unpaired) electrons. The number of halogens is 1. The van der Waals surface area contributed by atoms with Crippen LogP contribution in [-0.2, 0) is 0 Å². The average molecular weight is 394 g/mol. The van der Waals surface area contributed by atoms with Crippen molar-refractivity contribution in [2.75, 3.05) is 18.4 Å². The molecule has 2 aromatic carbocycles. The molecule has 5 rings (SSSR count). The summed E-state index contributed by atoms with van der Waals surface area (Å²) < 4.78 is 0. The van der Waals surface area contributed by atoms with Crippen LogP contribution in [0.25, 0.3) is 21.8 Å². The highest BCUT2D eigenvalue weighted by atomic mass is 35.5. The van der Waals surface area contributed by atoms with Crippen molar-refractivity contribution in [3.05, 3.63) is 53.3 Å². The highest BCUT2D eigenvalue weighted by Crippen LogP contribution is 2.29. The van der Waals surface area contributed by atoms with Gasteiger partial charge in [-0.3, -0.25) is 9.89 Å². The van der Waals surface area contributed by atoms with Gasteiger partial charge in [0.15, 0.2) is 5.82 Å². The monoisotopic (exact) mass is 393 g/mol. The SMILES string of the molecule is O=C(NC1CNC1)c1nc(Nc2n[nH]c3ccccc23)c2cc(Cl)ccc2n1. The molecule has 0 spiro atoms. The number of carbonyl (C=O) groups is 1. The van der Waals surface area contributed by atoms with Crippen molar-refractivity contribution in [2.24, 2.45) is 0 Å². The van der Waals surface area contributed by atoms with E-state index in [0.29, 0.717) is 27.6 Å². The van der Waals surface area contributed by atoms with Crippen LogP contribution >= 0.6 is 11.6 Å². The Morgan fingerprint density at radius 3 is 2.75 bits per heavy atom. The minimum Gasteiger partial charge on any atom is -0.344 e. The fraction of sp³-hybridized carbons (Fsp3) is 0.158. The average Bonchev–Trinajstić information content (AvgIpc) is 3.08. The van der Waals surface area contributed by atoms with Crippen LogP contribution in [0.3, 0.4) is 0 Å². The Morgan fingerprint density at radius 2 is 1.93 bits per heavy atom. The normalized spacial score (nSPS) is 14.2. The zero-order chi connectivity index (χ0) is 19.1. The number of hydrogen-bond donors (Lipinski definition) is 4. The minimum absolute atomic E-state index is 0.101.